The lowest BCUT2D eigenvalue weighted by atomic mass is 10.0. The number of fused-ring (bicyclic) bond motifs is 2. The first kappa shape index (κ1) is 12.1. The smallest absolute Gasteiger partial charge is 0.335 e. The van der Waals surface area contributed by atoms with Gasteiger partial charge < -0.3 is 5.11 Å². The van der Waals surface area contributed by atoms with Crippen molar-refractivity contribution in [3.8, 4) is 0 Å². The number of carbonyl (C=O) groups is 1. The van der Waals surface area contributed by atoms with Crippen LogP contribution in [0, 0.1) is 6.92 Å². The van der Waals surface area contributed by atoms with E-state index in [1.165, 1.54) is 6.07 Å². The Morgan fingerprint density at radius 1 is 1.11 bits per heavy atom. The number of carboxylic acids is 1. The summed E-state index contributed by atoms with van der Waals surface area (Å²) in [5.41, 5.74) is 3.33. The number of aryl methyl sites for hydroxylation is 1. The monoisotopic (exact) mass is 272 g/mol. The van der Waals surface area contributed by atoms with Gasteiger partial charge in [-0.2, -0.15) is 0 Å². The summed E-state index contributed by atoms with van der Waals surface area (Å²) in [6.45, 7) is 2.01. The highest BCUT2D eigenvalue weighted by molar-refractivity contribution is 7.85. The molecule has 2 aromatic rings. The molecule has 3 nitrogen and oxygen atoms in total. The molecule has 0 saturated carbocycles. The van der Waals surface area contributed by atoms with Gasteiger partial charge in [0.1, 0.15) is 0 Å². The Bertz CT molecular complexity index is 719. The molecule has 0 amide bonds. The quantitative estimate of drug-likeness (QED) is 0.741. The summed E-state index contributed by atoms with van der Waals surface area (Å²) in [5.74, 6) is -0.991. The Kier molecular flexibility index (Phi) is 2.75. The lowest BCUT2D eigenvalue weighted by molar-refractivity contribution is 0.0696. The summed E-state index contributed by atoms with van der Waals surface area (Å²) < 4.78 is 12.5. The highest BCUT2D eigenvalue weighted by Gasteiger charge is 2.23. The molecule has 0 saturated heterocycles. The van der Waals surface area contributed by atoms with E-state index in [0.717, 1.165) is 21.6 Å². The van der Waals surface area contributed by atoms with Gasteiger partial charge in [0.25, 0.3) is 0 Å². The van der Waals surface area contributed by atoms with Crippen LogP contribution >= 0.6 is 0 Å². The second-order valence-electron chi connectivity index (χ2n) is 4.68. The topological polar surface area (TPSA) is 54.4 Å². The summed E-state index contributed by atoms with van der Waals surface area (Å²) in [4.78, 5) is 12.4. The Morgan fingerprint density at radius 2 is 1.89 bits per heavy atom. The number of hydrogen-bond acceptors (Lipinski definition) is 2. The molecule has 19 heavy (non-hydrogen) atoms. The Balaban J connectivity index is 2.16. The molecule has 0 spiro atoms. The van der Waals surface area contributed by atoms with Crippen molar-refractivity contribution in [3.05, 3.63) is 58.7 Å². The fourth-order valence-corrected chi connectivity index (χ4v) is 3.77. The third-order valence-corrected chi connectivity index (χ3v) is 4.89. The van der Waals surface area contributed by atoms with Gasteiger partial charge in [0.05, 0.1) is 16.4 Å². The maximum atomic E-state index is 12.5. The SMILES string of the molecule is Cc1ccc2c(c1)Cc1ccc(C(=O)O)cc1S2=O. The summed E-state index contributed by atoms with van der Waals surface area (Å²) in [6.07, 6.45) is 0.706. The molecule has 1 N–H and O–H groups in total. The van der Waals surface area contributed by atoms with Crippen LogP contribution in [0.3, 0.4) is 0 Å². The molecule has 0 radical (unpaired) electrons. The molecule has 1 heterocycles. The molecule has 0 bridgehead atoms. The van der Waals surface area contributed by atoms with Gasteiger partial charge in [-0.05, 0) is 42.7 Å². The predicted molar refractivity (Wildman–Crippen MR) is 72.1 cm³/mol. The molecule has 1 aliphatic heterocycles. The van der Waals surface area contributed by atoms with Crippen LogP contribution in [0.4, 0.5) is 0 Å². The molecule has 1 atom stereocenters. The maximum Gasteiger partial charge on any atom is 0.335 e. The second kappa shape index (κ2) is 4.31. The molecule has 3 rings (SSSR count). The highest BCUT2D eigenvalue weighted by Crippen LogP contribution is 2.32. The van der Waals surface area contributed by atoms with E-state index in [1.807, 2.05) is 25.1 Å². The first-order valence-electron chi connectivity index (χ1n) is 5.94. The van der Waals surface area contributed by atoms with Crippen LogP contribution in [0.1, 0.15) is 27.0 Å². The van der Waals surface area contributed by atoms with Crippen molar-refractivity contribution in [2.45, 2.75) is 23.1 Å². The van der Waals surface area contributed by atoms with Gasteiger partial charge in [-0.3, -0.25) is 0 Å². The molecule has 96 valence electrons. The van der Waals surface area contributed by atoms with Crippen LogP contribution in [0.15, 0.2) is 46.2 Å². The van der Waals surface area contributed by atoms with E-state index in [-0.39, 0.29) is 5.56 Å². The van der Waals surface area contributed by atoms with Crippen LogP contribution in [0.25, 0.3) is 0 Å². The van der Waals surface area contributed by atoms with Crippen molar-refractivity contribution in [2.75, 3.05) is 0 Å². The molecule has 2 aromatic carbocycles. The molecule has 0 aliphatic carbocycles. The fourth-order valence-electron chi connectivity index (χ4n) is 2.36. The largest absolute Gasteiger partial charge is 0.478 e. The lowest BCUT2D eigenvalue weighted by Crippen LogP contribution is -2.11. The molecule has 1 aliphatic rings. The number of rotatable bonds is 1. The Hall–Kier alpha value is -1.94. The van der Waals surface area contributed by atoms with Crippen molar-refractivity contribution in [2.24, 2.45) is 0 Å². The molecule has 4 heteroatoms. The number of carboxylic acid groups (broad SMARTS) is 1. The van der Waals surface area contributed by atoms with Gasteiger partial charge >= 0.3 is 5.97 Å². The maximum absolute atomic E-state index is 12.5. The zero-order chi connectivity index (χ0) is 13.6. The van der Waals surface area contributed by atoms with E-state index < -0.39 is 16.8 Å². The predicted octanol–water partition coefficient (Wildman–Crippen LogP) is 2.76. The van der Waals surface area contributed by atoms with Gasteiger partial charge in [0.15, 0.2) is 0 Å². The van der Waals surface area contributed by atoms with Crippen molar-refractivity contribution in [1.82, 2.24) is 0 Å². The molecule has 1 unspecified atom stereocenters. The molecule has 0 aromatic heterocycles. The van der Waals surface area contributed by atoms with E-state index >= 15 is 0 Å². The van der Waals surface area contributed by atoms with E-state index in [9.17, 15) is 9.00 Å². The minimum atomic E-state index is -1.29. The second-order valence-corrected chi connectivity index (χ2v) is 6.10. The summed E-state index contributed by atoms with van der Waals surface area (Å²) >= 11 is 0. The molecular weight excluding hydrogens is 260 g/mol. The van der Waals surface area contributed by atoms with Crippen molar-refractivity contribution < 1.29 is 14.1 Å². The van der Waals surface area contributed by atoms with E-state index in [1.54, 1.807) is 12.1 Å². The minimum absolute atomic E-state index is 0.183. The van der Waals surface area contributed by atoms with Gasteiger partial charge in [0, 0.05) is 9.79 Å². The summed E-state index contributed by atoms with van der Waals surface area (Å²) in [6, 6.07) is 10.7. The van der Waals surface area contributed by atoms with Gasteiger partial charge in [-0.25, -0.2) is 9.00 Å². The van der Waals surface area contributed by atoms with Crippen molar-refractivity contribution >= 4 is 16.8 Å². The van der Waals surface area contributed by atoms with Crippen LogP contribution in [0.5, 0.6) is 0 Å². The fraction of sp³-hybridized carbons (Fsp3) is 0.133. The highest BCUT2D eigenvalue weighted by atomic mass is 32.2. The van der Waals surface area contributed by atoms with E-state index in [0.29, 0.717) is 11.3 Å². The number of benzene rings is 2. The lowest BCUT2D eigenvalue weighted by Gasteiger charge is -2.19. The van der Waals surface area contributed by atoms with Gasteiger partial charge in [-0.1, -0.05) is 23.8 Å². The van der Waals surface area contributed by atoms with Crippen LogP contribution in [0.2, 0.25) is 0 Å². The van der Waals surface area contributed by atoms with Gasteiger partial charge in [0.2, 0.25) is 0 Å². The summed E-state index contributed by atoms with van der Waals surface area (Å²) in [7, 11) is -1.29. The minimum Gasteiger partial charge on any atom is -0.478 e. The Morgan fingerprint density at radius 3 is 2.63 bits per heavy atom. The van der Waals surface area contributed by atoms with Crippen molar-refractivity contribution in [3.63, 3.8) is 0 Å². The Labute approximate surface area is 113 Å². The van der Waals surface area contributed by atoms with E-state index in [4.69, 9.17) is 5.11 Å². The van der Waals surface area contributed by atoms with Crippen LogP contribution in [-0.2, 0) is 17.2 Å². The molecule has 0 fully saturated rings. The average Bonchev–Trinajstić information content (AvgIpc) is 2.38. The van der Waals surface area contributed by atoms with E-state index in [2.05, 4.69) is 0 Å². The average molecular weight is 272 g/mol. The number of hydrogen-bond donors (Lipinski definition) is 1. The summed E-state index contributed by atoms with van der Waals surface area (Å²) in [5, 5.41) is 9.01. The number of aromatic carboxylic acids is 1. The van der Waals surface area contributed by atoms with Crippen LogP contribution in [-0.4, -0.2) is 15.3 Å². The first-order valence-corrected chi connectivity index (χ1v) is 7.09. The van der Waals surface area contributed by atoms with Crippen LogP contribution < -0.4 is 0 Å². The zero-order valence-electron chi connectivity index (χ0n) is 10.3. The molecular formula is C15H12O3S. The normalized spacial score (nSPS) is 16.6. The third-order valence-electron chi connectivity index (χ3n) is 3.31. The first-order chi connectivity index (χ1) is 9.06. The third kappa shape index (κ3) is 1.98. The van der Waals surface area contributed by atoms with Crippen molar-refractivity contribution in [1.29, 1.82) is 0 Å². The standard InChI is InChI=1S/C15H12O3S/c1-9-2-5-13-12(6-9)7-10-3-4-11(15(16)17)8-14(10)19(13)18/h2-6,8H,7H2,1H3,(H,16,17). The van der Waals surface area contributed by atoms with Gasteiger partial charge in [-0.15, -0.1) is 0 Å². The zero-order valence-corrected chi connectivity index (χ0v) is 11.2.